The predicted molar refractivity (Wildman–Crippen MR) is 87.2 cm³/mol. The zero-order valence-corrected chi connectivity index (χ0v) is 13.9. The molecule has 1 aromatic heterocycles. The minimum absolute atomic E-state index is 0.333. The molecule has 0 spiro atoms. The molecule has 2 heterocycles. The first-order chi connectivity index (χ1) is 10.1. The zero-order valence-electron chi connectivity index (χ0n) is 13.9. The van der Waals surface area contributed by atoms with E-state index < -0.39 is 0 Å². The molecular formula is C16H28N4O. The first-order valence-electron chi connectivity index (χ1n) is 7.93. The van der Waals surface area contributed by atoms with Crippen molar-refractivity contribution in [3.05, 3.63) is 11.4 Å². The van der Waals surface area contributed by atoms with Crippen molar-refractivity contribution in [1.82, 2.24) is 9.97 Å². The van der Waals surface area contributed by atoms with E-state index in [1.165, 1.54) is 6.42 Å². The molecule has 0 saturated carbocycles. The number of rotatable bonds is 6. The van der Waals surface area contributed by atoms with Crippen LogP contribution in [-0.2, 0) is 4.74 Å². The van der Waals surface area contributed by atoms with Crippen molar-refractivity contribution < 1.29 is 4.74 Å². The lowest BCUT2D eigenvalue weighted by Crippen LogP contribution is -2.24. The Morgan fingerprint density at radius 2 is 2.14 bits per heavy atom. The van der Waals surface area contributed by atoms with E-state index in [2.05, 4.69) is 42.9 Å². The maximum absolute atomic E-state index is 5.29. The fraction of sp³-hybridized carbons (Fsp3) is 0.750. The lowest BCUT2D eigenvalue weighted by Gasteiger charge is -2.23. The number of nitrogens with zero attached hydrogens (tertiary/aromatic N) is 3. The summed E-state index contributed by atoms with van der Waals surface area (Å²) in [5.74, 6) is 3.92. The molecule has 1 N–H and O–H groups in total. The molecule has 21 heavy (non-hydrogen) atoms. The van der Waals surface area contributed by atoms with Crippen LogP contribution in [0.15, 0.2) is 0 Å². The highest BCUT2D eigenvalue weighted by molar-refractivity contribution is 5.59. The Kier molecular flexibility index (Phi) is 5.39. The van der Waals surface area contributed by atoms with Crippen molar-refractivity contribution >= 4 is 11.6 Å². The van der Waals surface area contributed by atoms with Crippen LogP contribution in [0.1, 0.15) is 44.5 Å². The van der Waals surface area contributed by atoms with Crippen LogP contribution in [0.4, 0.5) is 11.6 Å². The lowest BCUT2D eigenvalue weighted by atomic mass is 10.1. The standard InChI is InChI=1S/C16H28N4O/c1-6-17-15-12(4)16(19-14(18-15)11(2)3)20-8-7-13(9-20)10-21-5/h11,13H,6-10H2,1-5H3,(H,17,18,19). The van der Waals surface area contributed by atoms with Gasteiger partial charge in [0.2, 0.25) is 0 Å². The quantitative estimate of drug-likeness (QED) is 0.873. The van der Waals surface area contributed by atoms with Gasteiger partial charge in [-0.2, -0.15) is 0 Å². The number of methoxy groups -OCH3 is 1. The van der Waals surface area contributed by atoms with Crippen LogP contribution in [0.2, 0.25) is 0 Å². The smallest absolute Gasteiger partial charge is 0.137 e. The second kappa shape index (κ2) is 7.07. The van der Waals surface area contributed by atoms with Gasteiger partial charge in [0, 0.05) is 44.1 Å². The minimum atomic E-state index is 0.333. The molecule has 5 nitrogen and oxygen atoms in total. The number of aromatic nitrogens is 2. The van der Waals surface area contributed by atoms with E-state index in [-0.39, 0.29) is 0 Å². The number of hydrogen-bond donors (Lipinski definition) is 1. The first-order valence-corrected chi connectivity index (χ1v) is 7.93. The number of nitrogens with one attached hydrogen (secondary N) is 1. The molecule has 2 rings (SSSR count). The molecule has 1 aliphatic rings. The monoisotopic (exact) mass is 292 g/mol. The van der Waals surface area contributed by atoms with Gasteiger partial charge in [0.15, 0.2) is 0 Å². The molecule has 0 amide bonds. The molecule has 0 aliphatic carbocycles. The van der Waals surface area contributed by atoms with Crippen LogP contribution in [-0.4, -0.2) is 43.3 Å². The third kappa shape index (κ3) is 3.64. The second-order valence-electron chi connectivity index (χ2n) is 6.12. The van der Waals surface area contributed by atoms with Crippen molar-refractivity contribution in [3.8, 4) is 0 Å². The Labute approximate surface area is 128 Å². The largest absolute Gasteiger partial charge is 0.384 e. The Balaban J connectivity index is 2.29. The molecule has 5 heteroatoms. The number of hydrogen-bond acceptors (Lipinski definition) is 5. The lowest BCUT2D eigenvalue weighted by molar-refractivity contribution is 0.161. The summed E-state index contributed by atoms with van der Waals surface area (Å²) in [6, 6.07) is 0. The fourth-order valence-electron chi connectivity index (χ4n) is 2.82. The number of anilines is 2. The SMILES string of the molecule is CCNc1nc(C(C)C)nc(N2CCC(COC)C2)c1C. The number of ether oxygens (including phenoxy) is 1. The van der Waals surface area contributed by atoms with Gasteiger partial charge in [-0.25, -0.2) is 9.97 Å². The normalized spacial score (nSPS) is 18.6. The van der Waals surface area contributed by atoms with E-state index >= 15 is 0 Å². The molecule has 1 saturated heterocycles. The third-order valence-corrected chi connectivity index (χ3v) is 3.99. The minimum Gasteiger partial charge on any atom is -0.384 e. The van der Waals surface area contributed by atoms with Gasteiger partial charge in [-0.15, -0.1) is 0 Å². The van der Waals surface area contributed by atoms with Gasteiger partial charge in [-0.3, -0.25) is 0 Å². The predicted octanol–water partition coefficient (Wildman–Crippen LogP) is 2.81. The van der Waals surface area contributed by atoms with Gasteiger partial charge in [0.25, 0.3) is 0 Å². The van der Waals surface area contributed by atoms with E-state index in [1.807, 2.05) is 0 Å². The summed E-state index contributed by atoms with van der Waals surface area (Å²) in [6.07, 6.45) is 1.17. The van der Waals surface area contributed by atoms with Crippen LogP contribution in [0.3, 0.4) is 0 Å². The summed E-state index contributed by atoms with van der Waals surface area (Å²) in [5.41, 5.74) is 1.15. The maximum atomic E-state index is 5.29. The first kappa shape index (κ1) is 16.0. The Bertz CT molecular complexity index is 476. The van der Waals surface area contributed by atoms with Crippen molar-refractivity contribution in [2.75, 3.05) is 43.6 Å². The zero-order chi connectivity index (χ0) is 15.4. The van der Waals surface area contributed by atoms with Crippen LogP contribution in [0, 0.1) is 12.8 Å². The van der Waals surface area contributed by atoms with E-state index in [0.717, 1.165) is 49.3 Å². The van der Waals surface area contributed by atoms with Gasteiger partial charge in [0.1, 0.15) is 17.5 Å². The van der Waals surface area contributed by atoms with Crippen LogP contribution in [0.5, 0.6) is 0 Å². The maximum Gasteiger partial charge on any atom is 0.137 e. The van der Waals surface area contributed by atoms with Gasteiger partial charge >= 0.3 is 0 Å². The molecular weight excluding hydrogens is 264 g/mol. The van der Waals surface area contributed by atoms with Crippen molar-refractivity contribution in [1.29, 1.82) is 0 Å². The molecule has 0 aromatic carbocycles. The van der Waals surface area contributed by atoms with E-state index in [9.17, 15) is 0 Å². The van der Waals surface area contributed by atoms with Crippen molar-refractivity contribution in [2.24, 2.45) is 5.92 Å². The summed E-state index contributed by atoms with van der Waals surface area (Å²) in [6.45, 7) is 12.3. The van der Waals surface area contributed by atoms with Gasteiger partial charge < -0.3 is 15.0 Å². The van der Waals surface area contributed by atoms with E-state index in [0.29, 0.717) is 11.8 Å². The van der Waals surface area contributed by atoms with E-state index in [4.69, 9.17) is 9.72 Å². The summed E-state index contributed by atoms with van der Waals surface area (Å²) in [5, 5.41) is 3.37. The molecule has 1 aliphatic heterocycles. The van der Waals surface area contributed by atoms with Crippen LogP contribution < -0.4 is 10.2 Å². The highest BCUT2D eigenvalue weighted by Gasteiger charge is 2.26. The average molecular weight is 292 g/mol. The van der Waals surface area contributed by atoms with Crippen molar-refractivity contribution in [2.45, 2.75) is 40.0 Å². The average Bonchev–Trinajstić information content (AvgIpc) is 2.90. The fourth-order valence-corrected chi connectivity index (χ4v) is 2.82. The van der Waals surface area contributed by atoms with Gasteiger partial charge in [-0.05, 0) is 20.3 Å². The summed E-state index contributed by atoms with van der Waals surface area (Å²) in [4.78, 5) is 11.9. The molecule has 1 aromatic rings. The third-order valence-electron chi connectivity index (χ3n) is 3.99. The Morgan fingerprint density at radius 3 is 2.76 bits per heavy atom. The van der Waals surface area contributed by atoms with Crippen LogP contribution >= 0.6 is 0 Å². The molecule has 118 valence electrons. The van der Waals surface area contributed by atoms with E-state index in [1.54, 1.807) is 7.11 Å². The molecule has 1 atom stereocenters. The Morgan fingerprint density at radius 1 is 1.38 bits per heavy atom. The molecule has 0 bridgehead atoms. The topological polar surface area (TPSA) is 50.3 Å². The van der Waals surface area contributed by atoms with Crippen LogP contribution in [0.25, 0.3) is 0 Å². The molecule has 0 radical (unpaired) electrons. The summed E-state index contributed by atoms with van der Waals surface area (Å²) < 4.78 is 5.29. The summed E-state index contributed by atoms with van der Waals surface area (Å²) >= 11 is 0. The Hall–Kier alpha value is -1.36. The summed E-state index contributed by atoms with van der Waals surface area (Å²) in [7, 11) is 1.78. The second-order valence-corrected chi connectivity index (χ2v) is 6.12. The highest BCUT2D eigenvalue weighted by atomic mass is 16.5. The van der Waals surface area contributed by atoms with Crippen molar-refractivity contribution in [3.63, 3.8) is 0 Å². The van der Waals surface area contributed by atoms with Gasteiger partial charge in [0.05, 0.1) is 6.61 Å². The molecule has 1 unspecified atom stereocenters. The van der Waals surface area contributed by atoms with Gasteiger partial charge in [-0.1, -0.05) is 13.8 Å². The highest BCUT2D eigenvalue weighted by Crippen LogP contribution is 2.30. The molecule has 1 fully saturated rings.